The van der Waals surface area contributed by atoms with Gasteiger partial charge in [-0.2, -0.15) is 0 Å². The van der Waals surface area contributed by atoms with Crippen molar-refractivity contribution in [2.75, 3.05) is 13.2 Å². The van der Waals surface area contributed by atoms with Gasteiger partial charge in [-0.3, -0.25) is 0 Å². The summed E-state index contributed by atoms with van der Waals surface area (Å²) in [5.41, 5.74) is 0.858. The van der Waals surface area contributed by atoms with Gasteiger partial charge in [-0.25, -0.2) is 13.6 Å². The largest absolute Gasteiger partial charge is 0.396 e. The summed E-state index contributed by atoms with van der Waals surface area (Å²) in [7, 11) is -3.67. The summed E-state index contributed by atoms with van der Waals surface area (Å²) < 4.78 is 22.7. The molecule has 1 atom stereocenters. The minimum absolute atomic E-state index is 0.00895. The first-order valence-corrected chi connectivity index (χ1v) is 8.17. The number of aliphatic hydroxyl groups excluding tert-OH is 1. The standard InChI is InChI=1S/C14H24N2O3S/c1-11(16-10-14(2,3)7-8-17)12-5-4-6-13(9-12)20(15,18)19/h4-6,9,11,16-17H,7-8,10H2,1-3H3,(H2,15,18,19). The van der Waals surface area contributed by atoms with Crippen LogP contribution in [0.3, 0.4) is 0 Å². The van der Waals surface area contributed by atoms with Gasteiger partial charge in [0.25, 0.3) is 0 Å². The Hall–Kier alpha value is -0.950. The van der Waals surface area contributed by atoms with Crippen molar-refractivity contribution in [3.63, 3.8) is 0 Å². The summed E-state index contributed by atoms with van der Waals surface area (Å²) in [6.45, 7) is 7.00. The maximum atomic E-state index is 11.3. The van der Waals surface area contributed by atoms with Crippen LogP contribution in [0.25, 0.3) is 0 Å². The molecule has 0 aliphatic carbocycles. The number of nitrogens with one attached hydrogen (secondary N) is 1. The molecule has 0 radical (unpaired) electrons. The number of primary sulfonamides is 1. The van der Waals surface area contributed by atoms with Crippen molar-refractivity contribution in [2.24, 2.45) is 10.6 Å². The third-order valence-electron chi connectivity index (χ3n) is 3.36. The van der Waals surface area contributed by atoms with Crippen molar-refractivity contribution in [2.45, 2.75) is 38.1 Å². The molecule has 0 saturated heterocycles. The lowest BCUT2D eigenvalue weighted by atomic mass is 9.89. The fourth-order valence-electron chi connectivity index (χ4n) is 1.90. The lowest BCUT2D eigenvalue weighted by molar-refractivity contribution is 0.203. The van der Waals surface area contributed by atoms with Gasteiger partial charge in [0.1, 0.15) is 0 Å². The molecule has 0 bridgehead atoms. The minimum atomic E-state index is -3.67. The number of nitrogens with two attached hydrogens (primary N) is 1. The average Bonchev–Trinajstić information content (AvgIpc) is 2.35. The third-order valence-corrected chi connectivity index (χ3v) is 4.27. The Kier molecular flexibility index (Phi) is 5.70. The van der Waals surface area contributed by atoms with Gasteiger partial charge >= 0.3 is 0 Å². The zero-order valence-corrected chi connectivity index (χ0v) is 13.1. The van der Waals surface area contributed by atoms with Gasteiger partial charge in [0.15, 0.2) is 0 Å². The molecule has 20 heavy (non-hydrogen) atoms. The van der Waals surface area contributed by atoms with Crippen molar-refractivity contribution in [1.29, 1.82) is 0 Å². The highest BCUT2D eigenvalue weighted by atomic mass is 32.2. The van der Waals surface area contributed by atoms with E-state index in [1.54, 1.807) is 12.1 Å². The van der Waals surface area contributed by atoms with Gasteiger partial charge in [-0.1, -0.05) is 26.0 Å². The first-order chi connectivity index (χ1) is 9.15. The summed E-state index contributed by atoms with van der Waals surface area (Å²) in [5.74, 6) is 0. The molecule has 0 saturated carbocycles. The molecule has 0 heterocycles. The fourth-order valence-corrected chi connectivity index (χ4v) is 2.47. The van der Waals surface area contributed by atoms with Crippen LogP contribution in [0.15, 0.2) is 29.2 Å². The van der Waals surface area contributed by atoms with Crippen LogP contribution >= 0.6 is 0 Å². The summed E-state index contributed by atoms with van der Waals surface area (Å²) >= 11 is 0. The Labute approximate surface area is 121 Å². The van der Waals surface area contributed by atoms with E-state index in [0.717, 1.165) is 12.1 Å². The Bertz CT molecular complexity index is 541. The second kappa shape index (κ2) is 6.67. The molecule has 0 spiro atoms. The van der Waals surface area contributed by atoms with E-state index in [1.807, 2.05) is 13.0 Å². The summed E-state index contributed by atoms with van der Waals surface area (Å²) in [6.07, 6.45) is 0.712. The van der Waals surface area contributed by atoms with Crippen molar-refractivity contribution in [1.82, 2.24) is 5.32 Å². The predicted molar refractivity (Wildman–Crippen MR) is 79.7 cm³/mol. The fraction of sp³-hybridized carbons (Fsp3) is 0.571. The van der Waals surface area contributed by atoms with Crippen molar-refractivity contribution < 1.29 is 13.5 Å². The Morgan fingerprint density at radius 3 is 2.60 bits per heavy atom. The van der Waals surface area contributed by atoms with Crippen LogP contribution in [-0.2, 0) is 10.0 Å². The molecule has 0 aliphatic heterocycles. The Morgan fingerprint density at radius 1 is 1.40 bits per heavy atom. The highest BCUT2D eigenvalue weighted by Crippen LogP contribution is 2.21. The van der Waals surface area contributed by atoms with Gasteiger partial charge in [0.05, 0.1) is 4.90 Å². The topological polar surface area (TPSA) is 92.4 Å². The Morgan fingerprint density at radius 2 is 2.05 bits per heavy atom. The van der Waals surface area contributed by atoms with E-state index in [0.29, 0.717) is 6.42 Å². The van der Waals surface area contributed by atoms with E-state index < -0.39 is 10.0 Å². The summed E-state index contributed by atoms with van der Waals surface area (Å²) in [5, 5.41) is 17.5. The van der Waals surface area contributed by atoms with Crippen molar-refractivity contribution in [3.05, 3.63) is 29.8 Å². The van der Waals surface area contributed by atoms with Gasteiger partial charge in [0.2, 0.25) is 10.0 Å². The molecule has 114 valence electrons. The van der Waals surface area contributed by atoms with E-state index >= 15 is 0 Å². The first kappa shape index (κ1) is 17.1. The zero-order chi connectivity index (χ0) is 15.4. The maximum absolute atomic E-state index is 11.3. The SMILES string of the molecule is CC(NCC(C)(C)CCO)c1cccc(S(N)(=O)=O)c1. The molecular formula is C14H24N2O3S. The molecule has 1 rings (SSSR count). The van der Waals surface area contributed by atoms with Crippen LogP contribution in [0.2, 0.25) is 0 Å². The van der Waals surface area contributed by atoms with Gasteiger partial charge in [0, 0.05) is 19.2 Å². The van der Waals surface area contributed by atoms with E-state index in [2.05, 4.69) is 19.2 Å². The van der Waals surface area contributed by atoms with Gasteiger partial charge < -0.3 is 10.4 Å². The maximum Gasteiger partial charge on any atom is 0.238 e. The number of sulfonamides is 1. The van der Waals surface area contributed by atoms with Crippen LogP contribution in [-0.4, -0.2) is 26.7 Å². The zero-order valence-electron chi connectivity index (χ0n) is 12.3. The van der Waals surface area contributed by atoms with E-state index in [4.69, 9.17) is 10.2 Å². The van der Waals surface area contributed by atoms with Gasteiger partial charge in [-0.15, -0.1) is 0 Å². The average molecular weight is 300 g/mol. The van der Waals surface area contributed by atoms with Crippen LogP contribution < -0.4 is 10.5 Å². The first-order valence-electron chi connectivity index (χ1n) is 6.63. The number of hydrogen-bond acceptors (Lipinski definition) is 4. The highest BCUT2D eigenvalue weighted by molar-refractivity contribution is 7.89. The summed E-state index contributed by atoms with van der Waals surface area (Å²) in [4.78, 5) is 0.123. The predicted octanol–water partition coefficient (Wildman–Crippen LogP) is 1.39. The number of benzene rings is 1. The normalized spacial score (nSPS) is 14.2. The number of aliphatic hydroxyl groups is 1. The van der Waals surface area contributed by atoms with E-state index in [1.165, 1.54) is 6.07 Å². The van der Waals surface area contributed by atoms with Crippen LogP contribution in [0.1, 0.15) is 38.8 Å². The Balaban J connectivity index is 2.76. The molecule has 6 heteroatoms. The molecule has 1 aromatic rings. The quantitative estimate of drug-likeness (QED) is 0.709. The third kappa shape index (κ3) is 5.20. The second-order valence-electron chi connectivity index (χ2n) is 5.86. The van der Waals surface area contributed by atoms with Crippen molar-refractivity contribution >= 4 is 10.0 Å². The second-order valence-corrected chi connectivity index (χ2v) is 7.42. The van der Waals surface area contributed by atoms with Crippen LogP contribution in [0, 0.1) is 5.41 Å². The molecule has 5 nitrogen and oxygen atoms in total. The van der Waals surface area contributed by atoms with Crippen LogP contribution in [0.5, 0.6) is 0 Å². The van der Waals surface area contributed by atoms with Gasteiger partial charge in [-0.05, 0) is 36.5 Å². The van der Waals surface area contributed by atoms with Crippen molar-refractivity contribution in [3.8, 4) is 0 Å². The molecule has 0 aliphatic rings. The molecule has 1 unspecified atom stereocenters. The highest BCUT2D eigenvalue weighted by Gasteiger charge is 2.18. The number of hydrogen-bond donors (Lipinski definition) is 3. The smallest absolute Gasteiger partial charge is 0.238 e. The minimum Gasteiger partial charge on any atom is -0.396 e. The van der Waals surface area contributed by atoms with Crippen LogP contribution in [0.4, 0.5) is 0 Å². The lowest BCUT2D eigenvalue weighted by Gasteiger charge is -2.26. The van der Waals surface area contributed by atoms with E-state index in [-0.39, 0.29) is 23.0 Å². The monoisotopic (exact) mass is 300 g/mol. The number of rotatable bonds is 7. The lowest BCUT2D eigenvalue weighted by Crippen LogP contribution is -2.32. The molecule has 1 aromatic carbocycles. The molecule has 4 N–H and O–H groups in total. The molecule has 0 amide bonds. The molecule has 0 fully saturated rings. The van der Waals surface area contributed by atoms with E-state index in [9.17, 15) is 8.42 Å². The molecular weight excluding hydrogens is 276 g/mol. The summed E-state index contributed by atoms with van der Waals surface area (Å²) in [6, 6.07) is 6.64. The molecule has 0 aromatic heterocycles.